The number of nitrogens with zero attached hydrogens (tertiary/aromatic N) is 2. The van der Waals surface area contributed by atoms with Gasteiger partial charge < -0.3 is 20.1 Å². The minimum Gasteiger partial charge on any atom is -0.487 e. The third-order valence-corrected chi connectivity index (χ3v) is 5.67. The number of rotatable bonds is 4. The molecule has 0 bridgehead atoms. The van der Waals surface area contributed by atoms with E-state index in [0.29, 0.717) is 12.4 Å². The number of methoxy groups -OCH3 is 1. The van der Waals surface area contributed by atoms with Crippen LogP contribution < -0.4 is 20.1 Å². The summed E-state index contributed by atoms with van der Waals surface area (Å²) in [6.45, 7) is 0.576. The molecular weight excluding hydrogens is 352 g/mol. The van der Waals surface area contributed by atoms with Gasteiger partial charge in [-0.1, -0.05) is 24.3 Å². The molecule has 1 aromatic heterocycles. The summed E-state index contributed by atoms with van der Waals surface area (Å²) in [5.74, 6) is 2.38. The van der Waals surface area contributed by atoms with Crippen molar-refractivity contribution in [1.82, 2.24) is 15.6 Å². The fourth-order valence-electron chi connectivity index (χ4n) is 4.28. The summed E-state index contributed by atoms with van der Waals surface area (Å²) < 4.78 is 11.7. The predicted molar refractivity (Wildman–Crippen MR) is 110 cm³/mol. The van der Waals surface area contributed by atoms with Gasteiger partial charge in [-0.2, -0.15) is 0 Å². The van der Waals surface area contributed by atoms with E-state index < -0.39 is 0 Å². The molecule has 1 saturated carbocycles. The Morgan fingerprint density at radius 3 is 2.82 bits per heavy atom. The summed E-state index contributed by atoms with van der Waals surface area (Å²) in [7, 11) is 3.42. The number of nitrogens with one attached hydrogen (secondary N) is 2. The van der Waals surface area contributed by atoms with Gasteiger partial charge in [0.15, 0.2) is 5.96 Å². The highest BCUT2D eigenvalue weighted by Gasteiger charge is 2.43. The van der Waals surface area contributed by atoms with Gasteiger partial charge in [0.2, 0.25) is 5.88 Å². The van der Waals surface area contributed by atoms with E-state index in [9.17, 15) is 0 Å². The lowest BCUT2D eigenvalue weighted by Crippen LogP contribution is -2.46. The third-order valence-electron chi connectivity index (χ3n) is 5.67. The van der Waals surface area contributed by atoms with Gasteiger partial charge in [0.25, 0.3) is 0 Å². The Hall–Kier alpha value is -2.76. The van der Waals surface area contributed by atoms with Crippen LogP contribution in [-0.4, -0.2) is 30.7 Å². The van der Waals surface area contributed by atoms with Gasteiger partial charge in [0.1, 0.15) is 11.4 Å². The summed E-state index contributed by atoms with van der Waals surface area (Å²) in [4.78, 5) is 8.87. The molecule has 28 heavy (non-hydrogen) atoms. The van der Waals surface area contributed by atoms with Crippen LogP contribution in [0.15, 0.2) is 47.5 Å². The predicted octanol–water partition coefficient (Wildman–Crippen LogP) is 3.59. The Kier molecular flexibility index (Phi) is 5.37. The largest absolute Gasteiger partial charge is 0.487 e. The van der Waals surface area contributed by atoms with Crippen LogP contribution in [-0.2, 0) is 6.54 Å². The molecule has 1 atom stereocenters. The molecule has 148 valence electrons. The first-order valence-corrected chi connectivity index (χ1v) is 9.96. The lowest BCUT2D eigenvalue weighted by Gasteiger charge is -2.40. The first-order valence-electron chi connectivity index (χ1n) is 9.96. The minimum atomic E-state index is -0.0424. The van der Waals surface area contributed by atoms with Gasteiger partial charge in [0.05, 0.1) is 25.4 Å². The van der Waals surface area contributed by atoms with Crippen LogP contribution in [0, 0.1) is 0 Å². The van der Waals surface area contributed by atoms with Crippen molar-refractivity contribution in [2.75, 3.05) is 14.2 Å². The van der Waals surface area contributed by atoms with Crippen molar-refractivity contribution in [2.45, 2.75) is 50.3 Å². The number of hydrogen-bond donors (Lipinski definition) is 2. The molecule has 1 fully saturated rings. The maximum atomic E-state index is 6.46. The fourth-order valence-corrected chi connectivity index (χ4v) is 4.28. The standard InChI is InChI=1S/C22H28N4O2/c1-23-21(24-15-16-8-7-11-20(25-16)27-2)26-18-14-22(12-5-6-13-22)28-19-10-4-3-9-17(18)19/h3-4,7-11,18H,5-6,12-15H2,1-2H3,(H2,23,24,26). The van der Waals surface area contributed by atoms with E-state index in [2.05, 4.69) is 38.8 Å². The number of para-hydroxylation sites is 1. The van der Waals surface area contributed by atoms with E-state index >= 15 is 0 Å². The number of aromatic nitrogens is 1. The zero-order valence-electron chi connectivity index (χ0n) is 16.6. The Labute approximate surface area is 166 Å². The summed E-state index contributed by atoms with van der Waals surface area (Å²) in [5.41, 5.74) is 2.06. The maximum Gasteiger partial charge on any atom is 0.213 e. The highest BCUT2D eigenvalue weighted by molar-refractivity contribution is 5.80. The second-order valence-corrected chi connectivity index (χ2v) is 7.53. The van der Waals surface area contributed by atoms with Crippen LogP contribution in [0.2, 0.25) is 0 Å². The van der Waals surface area contributed by atoms with Crippen LogP contribution in [0.5, 0.6) is 11.6 Å². The zero-order valence-corrected chi connectivity index (χ0v) is 16.6. The van der Waals surface area contributed by atoms with Crippen molar-refractivity contribution in [3.8, 4) is 11.6 Å². The molecule has 0 radical (unpaired) electrons. The van der Waals surface area contributed by atoms with Crippen LogP contribution in [0.4, 0.5) is 0 Å². The van der Waals surface area contributed by atoms with E-state index in [1.165, 1.54) is 18.4 Å². The average molecular weight is 380 g/mol. The Morgan fingerprint density at radius 1 is 1.21 bits per heavy atom. The van der Waals surface area contributed by atoms with E-state index in [4.69, 9.17) is 9.47 Å². The van der Waals surface area contributed by atoms with Crippen molar-refractivity contribution in [3.63, 3.8) is 0 Å². The summed E-state index contributed by atoms with van der Waals surface area (Å²) in [5, 5.41) is 6.99. The van der Waals surface area contributed by atoms with Crippen molar-refractivity contribution in [1.29, 1.82) is 0 Å². The first-order chi connectivity index (χ1) is 13.7. The normalized spacial score (nSPS) is 20.4. The fraction of sp³-hybridized carbons (Fsp3) is 0.455. The summed E-state index contributed by atoms with van der Waals surface area (Å²) >= 11 is 0. The Balaban J connectivity index is 1.48. The van der Waals surface area contributed by atoms with Crippen molar-refractivity contribution < 1.29 is 9.47 Å². The van der Waals surface area contributed by atoms with Gasteiger partial charge in [-0.05, 0) is 37.8 Å². The van der Waals surface area contributed by atoms with Crippen LogP contribution in [0.1, 0.15) is 49.4 Å². The van der Waals surface area contributed by atoms with E-state index in [0.717, 1.165) is 36.7 Å². The minimum absolute atomic E-state index is 0.0424. The summed E-state index contributed by atoms with van der Waals surface area (Å²) in [6.07, 6.45) is 5.69. The number of hydrogen-bond acceptors (Lipinski definition) is 4. The van der Waals surface area contributed by atoms with Crippen molar-refractivity contribution in [3.05, 3.63) is 53.7 Å². The lowest BCUT2D eigenvalue weighted by atomic mass is 9.86. The summed E-state index contributed by atoms with van der Waals surface area (Å²) in [6, 6.07) is 14.3. The van der Waals surface area contributed by atoms with Crippen LogP contribution >= 0.6 is 0 Å². The van der Waals surface area contributed by atoms with Crippen molar-refractivity contribution in [2.24, 2.45) is 4.99 Å². The van der Waals surface area contributed by atoms with Crippen molar-refractivity contribution >= 4 is 5.96 Å². The molecule has 1 aromatic carbocycles. The molecule has 1 aliphatic heterocycles. The lowest BCUT2D eigenvalue weighted by molar-refractivity contribution is 0.0396. The van der Waals surface area contributed by atoms with E-state index in [-0.39, 0.29) is 11.6 Å². The smallest absolute Gasteiger partial charge is 0.213 e. The molecule has 1 spiro atoms. The second kappa shape index (κ2) is 8.09. The average Bonchev–Trinajstić information content (AvgIpc) is 3.18. The van der Waals surface area contributed by atoms with Crippen LogP contribution in [0.25, 0.3) is 0 Å². The highest BCUT2D eigenvalue weighted by Crippen LogP contribution is 2.46. The van der Waals surface area contributed by atoms with Gasteiger partial charge in [-0.3, -0.25) is 4.99 Å². The van der Waals surface area contributed by atoms with Gasteiger partial charge in [-0.15, -0.1) is 0 Å². The topological polar surface area (TPSA) is 67.8 Å². The molecule has 1 unspecified atom stereocenters. The maximum absolute atomic E-state index is 6.46. The second-order valence-electron chi connectivity index (χ2n) is 7.53. The molecule has 6 heteroatoms. The molecule has 0 saturated heterocycles. The zero-order chi connectivity index (χ0) is 19.4. The monoisotopic (exact) mass is 380 g/mol. The number of guanidine groups is 1. The van der Waals surface area contributed by atoms with Gasteiger partial charge in [-0.25, -0.2) is 4.98 Å². The number of benzene rings is 1. The van der Waals surface area contributed by atoms with Gasteiger partial charge in [0, 0.05) is 25.1 Å². The molecule has 1 aliphatic carbocycles. The van der Waals surface area contributed by atoms with E-state index in [1.54, 1.807) is 14.2 Å². The number of fused-ring (bicyclic) bond motifs is 1. The molecule has 6 nitrogen and oxygen atoms in total. The molecule has 2 aliphatic rings. The molecule has 2 aromatic rings. The third kappa shape index (κ3) is 3.91. The van der Waals surface area contributed by atoms with E-state index in [1.807, 2.05) is 24.3 Å². The number of ether oxygens (including phenoxy) is 2. The first kappa shape index (κ1) is 18.6. The Morgan fingerprint density at radius 2 is 2.04 bits per heavy atom. The number of pyridine rings is 1. The van der Waals surface area contributed by atoms with Crippen LogP contribution in [0.3, 0.4) is 0 Å². The molecule has 2 heterocycles. The quantitative estimate of drug-likeness (QED) is 0.627. The molecule has 2 N–H and O–H groups in total. The highest BCUT2D eigenvalue weighted by atomic mass is 16.5. The Bertz CT molecular complexity index is 846. The molecular formula is C22H28N4O2. The van der Waals surface area contributed by atoms with Gasteiger partial charge >= 0.3 is 0 Å². The SMILES string of the molecule is CN=C(NCc1cccc(OC)n1)NC1CC2(CCCC2)Oc2ccccc21. The molecule has 4 rings (SSSR count). The molecule has 0 amide bonds. The number of aliphatic imine (C=N–C) groups is 1.